The average molecular weight is 400 g/mol. The molecule has 23 heavy (non-hydrogen) atoms. The number of hydrogen-bond donors (Lipinski definition) is 1. The molecule has 3 rings (SSSR count). The van der Waals surface area contributed by atoms with Crippen LogP contribution in [0.3, 0.4) is 0 Å². The number of nitrogens with zero attached hydrogens (tertiary/aromatic N) is 1. The Bertz CT molecular complexity index is 675. The Morgan fingerprint density at radius 1 is 1.09 bits per heavy atom. The van der Waals surface area contributed by atoms with Crippen LogP contribution >= 0.6 is 46.9 Å². The molecule has 0 saturated carbocycles. The molecule has 2 aromatic rings. The van der Waals surface area contributed by atoms with Gasteiger partial charge in [-0.25, -0.2) is 8.78 Å². The second-order valence-electron chi connectivity index (χ2n) is 5.09. The first kappa shape index (κ1) is 18.9. The summed E-state index contributed by atoms with van der Waals surface area (Å²) in [6.45, 7) is 2.95. The maximum atomic E-state index is 14.5. The molecule has 1 aromatic heterocycles. The molecular weight excluding hydrogens is 385 g/mol. The minimum Gasteiger partial charge on any atom is -0.314 e. The van der Waals surface area contributed by atoms with Crippen LogP contribution in [-0.4, -0.2) is 31.1 Å². The number of nitrogens with one attached hydrogen (secondary N) is 1. The molecule has 0 bridgehead atoms. The van der Waals surface area contributed by atoms with E-state index in [2.05, 4.69) is 10.2 Å². The van der Waals surface area contributed by atoms with Crippen LogP contribution in [0.15, 0.2) is 24.3 Å². The summed E-state index contributed by atoms with van der Waals surface area (Å²) in [4.78, 5) is 2.86. The van der Waals surface area contributed by atoms with Crippen molar-refractivity contribution in [3.63, 3.8) is 0 Å². The Labute approximate surface area is 153 Å². The number of thiophene rings is 1. The average Bonchev–Trinajstić information content (AvgIpc) is 2.94. The van der Waals surface area contributed by atoms with E-state index in [1.807, 2.05) is 6.07 Å². The minimum atomic E-state index is -0.699. The lowest BCUT2D eigenvalue weighted by Gasteiger charge is -2.35. The normalized spacial score (nSPS) is 16.9. The molecule has 0 aliphatic carbocycles. The maximum absolute atomic E-state index is 14.5. The van der Waals surface area contributed by atoms with E-state index in [4.69, 9.17) is 23.2 Å². The van der Waals surface area contributed by atoms with Crippen LogP contribution in [0.1, 0.15) is 16.5 Å². The molecule has 1 aromatic carbocycles. The van der Waals surface area contributed by atoms with Gasteiger partial charge in [0, 0.05) is 36.6 Å². The monoisotopic (exact) mass is 398 g/mol. The van der Waals surface area contributed by atoms with Gasteiger partial charge in [0.2, 0.25) is 0 Å². The summed E-state index contributed by atoms with van der Waals surface area (Å²) >= 11 is 13.2. The van der Waals surface area contributed by atoms with Crippen molar-refractivity contribution in [3.8, 4) is 0 Å². The van der Waals surface area contributed by atoms with E-state index in [9.17, 15) is 8.78 Å². The zero-order chi connectivity index (χ0) is 15.7. The van der Waals surface area contributed by atoms with Crippen molar-refractivity contribution >= 4 is 46.9 Å². The van der Waals surface area contributed by atoms with E-state index in [0.717, 1.165) is 18.0 Å². The second kappa shape index (κ2) is 8.10. The maximum Gasteiger partial charge on any atom is 0.149 e. The first-order valence-corrected chi connectivity index (χ1v) is 8.48. The molecule has 1 saturated heterocycles. The highest BCUT2D eigenvalue weighted by Gasteiger charge is 2.31. The summed E-state index contributed by atoms with van der Waals surface area (Å²) in [6.07, 6.45) is 0. The lowest BCUT2D eigenvalue weighted by atomic mass is 10.0. The van der Waals surface area contributed by atoms with Gasteiger partial charge in [-0.05, 0) is 24.3 Å². The van der Waals surface area contributed by atoms with Crippen LogP contribution < -0.4 is 5.32 Å². The fourth-order valence-corrected chi connectivity index (χ4v) is 4.08. The third-order valence-electron chi connectivity index (χ3n) is 3.73. The molecular formula is C15H15Cl3F2N2S. The van der Waals surface area contributed by atoms with Crippen molar-refractivity contribution < 1.29 is 8.78 Å². The van der Waals surface area contributed by atoms with Crippen LogP contribution in [0.2, 0.25) is 9.36 Å². The van der Waals surface area contributed by atoms with Crippen molar-refractivity contribution in [1.82, 2.24) is 10.2 Å². The van der Waals surface area contributed by atoms with Crippen LogP contribution in [-0.2, 0) is 0 Å². The highest BCUT2D eigenvalue weighted by Crippen LogP contribution is 2.39. The molecule has 0 radical (unpaired) electrons. The van der Waals surface area contributed by atoms with Gasteiger partial charge in [-0.1, -0.05) is 23.2 Å². The third kappa shape index (κ3) is 3.98. The lowest BCUT2D eigenvalue weighted by Crippen LogP contribution is -2.45. The number of rotatable bonds is 3. The van der Waals surface area contributed by atoms with Crippen molar-refractivity contribution in [1.29, 1.82) is 0 Å². The van der Waals surface area contributed by atoms with Gasteiger partial charge in [-0.15, -0.1) is 23.7 Å². The van der Waals surface area contributed by atoms with Crippen molar-refractivity contribution in [3.05, 3.63) is 55.7 Å². The topological polar surface area (TPSA) is 15.3 Å². The summed E-state index contributed by atoms with van der Waals surface area (Å²) in [5.41, 5.74) is -0.00656. The van der Waals surface area contributed by atoms with Gasteiger partial charge in [0.05, 0.1) is 15.4 Å². The molecule has 8 heteroatoms. The van der Waals surface area contributed by atoms with E-state index in [1.165, 1.54) is 23.5 Å². The quantitative estimate of drug-likeness (QED) is 0.749. The first-order chi connectivity index (χ1) is 10.6. The van der Waals surface area contributed by atoms with Gasteiger partial charge in [0.25, 0.3) is 0 Å². The molecule has 1 aliphatic heterocycles. The van der Waals surface area contributed by atoms with Crippen molar-refractivity contribution in [2.75, 3.05) is 26.2 Å². The predicted molar refractivity (Wildman–Crippen MR) is 94.2 cm³/mol. The predicted octanol–water partition coefficient (Wildman–Crippen LogP) is 4.75. The van der Waals surface area contributed by atoms with Crippen LogP contribution in [0.4, 0.5) is 8.78 Å². The van der Waals surface area contributed by atoms with Gasteiger partial charge in [0.1, 0.15) is 11.6 Å². The molecule has 1 atom stereocenters. The zero-order valence-corrected chi connectivity index (χ0v) is 15.1. The minimum absolute atomic E-state index is 0. The van der Waals surface area contributed by atoms with Crippen LogP contribution in [0.25, 0.3) is 0 Å². The summed E-state index contributed by atoms with van der Waals surface area (Å²) in [6, 6.07) is 5.51. The van der Waals surface area contributed by atoms with E-state index in [-0.39, 0.29) is 23.0 Å². The lowest BCUT2D eigenvalue weighted by molar-refractivity contribution is 0.194. The fraction of sp³-hybridized carbons (Fsp3) is 0.333. The number of halogens is 5. The van der Waals surface area contributed by atoms with Gasteiger partial charge in [-0.3, -0.25) is 4.90 Å². The standard InChI is InChI=1S/C15H14Cl2F2N2S.ClH/c16-9-1-2-10(18)13(14(9)19)15(11-3-4-12(17)22-11)21-7-5-20-6-8-21;/h1-4,15,20H,5-8H2;1H/t15-;/m1./s1. The molecule has 2 nitrogen and oxygen atoms in total. The van der Waals surface area contributed by atoms with Gasteiger partial charge in [-0.2, -0.15) is 0 Å². The highest BCUT2D eigenvalue weighted by molar-refractivity contribution is 7.16. The Morgan fingerprint density at radius 2 is 1.78 bits per heavy atom. The summed E-state index contributed by atoms with van der Waals surface area (Å²) in [7, 11) is 0. The Balaban J connectivity index is 0.00000192. The van der Waals surface area contributed by atoms with E-state index in [1.54, 1.807) is 6.07 Å². The number of piperazine rings is 1. The van der Waals surface area contributed by atoms with E-state index in [0.29, 0.717) is 17.4 Å². The Morgan fingerprint density at radius 3 is 2.39 bits per heavy atom. The zero-order valence-electron chi connectivity index (χ0n) is 12.0. The highest BCUT2D eigenvalue weighted by atomic mass is 35.5. The molecule has 1 aliphatic rings. The molecule has 0 unspecified atom stereocenters. The smallest absolute Gasteiger partial charge is 0.149 e. The van der Waals surface area contributed by atoms with E-state index >= 15 is 0 Å². The molecule has 126 valence electrons. The summed E-state index contributed by atoms with van der Waals surface area (Å²) in [5.74, 6) is -1.29. The molecule has 0 amide bonds. The van der Waals surface area contributed by atoms with E-state index < -0.39 is 17.7 Å². The Kier molecular flexibility index (Phi) is 6.66. The van der Waals surface area contributed by atoms with Crippen molar-refractivity contribution in [2.45, 2.75) is 6.04 Å². The molecule has 1 fully saturated rings. The molecule has 0 spiro atoms. The third-order valence-corrected chi connectivity index (χ3v) is 5.31. The first-order valence-electron chi connectivity index (χ1n) is 6.91. The fourth-order valence-electron chi connectivity index (χ4n) is 2.71. The summed E-state index contributed by atoms with van der Waals surface area (Å²) < 4.78 is 29.5. The molecule has 1 N–H and O–H groups in total. The summed E-state index contributed by atoms with van der Waals surface area (Å²) in [5, 5.41) is 3.17. The Hall–Kier alpha value is -0.430. The van der Waals surface area contributed by atoms with Gasteiger partial charge < -0.3 is 5.32 Å². The molecule has 2 heterocycles. The second-order valence-corrected chi connectivity index (χ2v) is 7.24. The van der Waals surface area contributed by atoms with Crippen LogP contribution in [0, 0.1) is 11.6 Å². The van der Waals surface area contributed by atoms with Gasteiger partial charge >= 0.3 is 0 Å². The van der Waals surface area contributed by atoms with Crippen LogP contribution in [0.5, 0.6) is 0 Å². The number of benzene rings is 1. The van der Waals surface area contributed by atoms with Crippen molar-refractivity contribution in [2.24, 2.45) is 0 Å². The SMILES string of the molecule is Cl.Fc1ccc(Cl)c(F)c1[C@@H](c1ccc(Cl)s1)N1CCNCC1. The van der Waals surface area contributed by atoms with Gasteiger partial charge in [0.15, 0.2) is 0 Å². The number of hydrogen-bond acceptors (Lipinski definition) is 3. The largest absolute Gasteiger partial charge is 0.314 e.